The van der Waals surface area contributed by atoms with E-state index in [-0.39, 0.29) is 0 Å². The minimum Gasteiger partial charge on any atom is -0.309 e. The zero-order valence-corrected chi connectivity index (χ0v) is 13.4. The van der Waals surface area contributed by atoms with Crippen molar-refractivity contribution in [2.75, 3.05) is 12.3 Å². The Hall–Kier alpha value is -1.06. The fourth-order valence-electron chi connectivity index (χ4n) is 2.18. The number of thioether (sulfide) groups is 1. The van der Waals surface area contributed by atoms with E-state index in [1.54, 1.807) is 0 Å². The maximum absolute atomic E-state index is 4.58. The number of hydrogen-bond acceptors (Lipinski definition) is 3. The molecule has 2 rings (SSSR count). The zero-order chi connectivity index (χ0) is 14.4. The molecule has 108 valence electrons. The van der Waals surface area contributed by atoms with Gasteiger partial charge in [0.05, 0.1) is 5.52 Å². The van der Waals surface area contributed by atoms with Crippen LogP contribution in [-0.2, 0) is 0 Å². The third-order valence-electron chi connectivity index (χ3n) is 3.59. The fourth-order valence-corrected chi connectivity index (χ4v) is 3.24. The quantitative estimate of drug-likeness (QED) is 0.816. The third kappa shape index (κ3) is 3.97. The minimum atomic E-state index is 0.385. The van der Waals surface area contributed by atoms with Gasteiger partial charge in [0.25, 0.3) is 0 Å². The Morgan fingerprint density at radius 3 is 2.80 bits per heavy atom. The van der Waals surface area contributed by atoms with Crippen LogP contribution in [0.4, 0.5) is 0 Å². The average molecular weight is 288 g/mol. The SMILES string of the molecule is CCNC(CSC(C)CC)c1cnc2ccccc2c1. The summed E-state index contributed by atoms with van der Waals surface area (Å²) >= 11 is 2.03. The number of pyridine rings is 1. The maximum atomic E-state index is 4.58. The van der Waals surface area contributed by atoms with Gasteiger partial charge < -0.3 is 5.32 Å². The summed E-state index contributed by atoms with van der Waals surface area (Å²) in [5, 5.41) is 5.52. The Kier molecular flexibility index (Phi) is 5.86. The van der Waals surface area contributed by atoms with Gasteiger partial charge in [0, 0.05) is 28.6 Å². The summed E-state index contributed by atoms with van der Waals surface area (Å²) in [6.45, 7) is 7.69. The second kappa shape index (κ2) is 7.65. The van der Waals surface area contributed by atoms with Gasteiger partial charge in [0.2, 0.25) is 0 Å². The van der Waals surface area contributed by atoms with Gasteiger partial charge in [0.1, 0.15) is 0 Å². The molecule has 1 aromatic heterocycles. The highest BCUT2D eigenvalue weighted by Gasteiger charge is 2.13. The lowest BCUT2D eigenvalue weighted by molar-refractivity contribution is 0.604. The van der Waals surface area contributed by atoms with Crippen LogP contribution in [0.25, 0.3) is 10.9 Å². The lowest BCUT2D eigenvalue weighted by Gasteiger charge is -2.20. The molecule has 0 aliphatic carbocycles. The Morgan fingerprint density at radius 2 is 2.05 bits per heavy atom. The highest BCUT2D eigenvalue weighted by atomic mass is 32.2. The Labute approximate surface area is 126 Å². The molecule has 20 heavy (non-hydrogen) atoms. The number of para-hydroxylation sites is 1. The summed E-state index contributed by atoms with van der Waals surface area (Å²) in [6.07, 6.45) is 3.24. The number of benzene rings is 1. The molecule has 0 radical (unpaired) electrons. The number of fused-ring (bicyclic) bond motifs is 1. The largest absolute Gasteiger partial charge is 0.309 e. The molecule has 2 atom stereocenters. The Bertz CT molecular complexity index is 541. The number of nitrogens with zero attached hydrogens (tertiary/aromatic N) is 1. The van der Waals surface area contributed by atoms with Crippen molar-refractivity contribution in [2.45, 2.75) is 38.5 Å². The van der Waals surface area contributed by atoms with Gasteiger partial charge >= 0.3 is 0 Å². The normalized spacial score (nSPS) is 14.3. The van der Waals surface area contributed by atoms with Crippen molar-refractivity contribution in [3.8, 4) is 0 Å². The highest BCUT2D eigenvalue weighted by molar-refractivity contribution is 7.99. The van der Waals surface area contributed by atoms with E-state index in [0.29, 0.717) is 11.3 Å². The van der Waals surface area contributed by atoms with Crippen LogP contribution < -0.4 is 5.32 Å². The van der Waals surface area contributed by atoms with Gasteiger partial charge in [-0.15, -0.1) is 0 Å². The summed E-state index contributed by atoms with van der Waals surface area (Å²) < 4.78 is 0. The van der Waals surface area contributed by atoms with E-state index < -0.39 is 0 Å². The van der Waals surface area contributed by atoms with Crippen molar-refractivity contribution in [1.29, 1.82) is 0 Å². The van der Waals surface area contributed by atoms with E-state index in [2.05, 4.69) is 55.3 Å². The molecule has 0 spiro atoms. The van der Waals surface area contributed by atoms with Crippen molar-refractivity contribution >= 4 is 22.7 Å². The van der Waals surface area contributed by atoms with Crippen molar-refractivity contribution in [3.63, 3.8) is 0 Å². The van der Waals surface area contributed by atoms with Gasteiger partial charge in [-0.25, -0.2) is 0 Å². The van der Waals surface area contributed by atoms with Gasteiger partial charge in [-0.3, -0.25) is 4.98 Å². The van der Waals surface area contributed by atoms with Crippen LogP contribution in [0.15, 0.2) is 36.5 Å². The van der Waals surface area contributed by atoms with Crippen LogP contribution >= 0.6 is 11.8 Å². The van der Waals surface area contributed by atoms with Crippen molar-refractivity contribution < 1.29 is 0 Å². The Balaban J connectivity index is 2.17. The summed E-state index contributed by atoms with van der Waals surface area (Å²) in [5.74, 6) is 1.10. The second-order valence-corrected chi connectivity index (χ2v) is 6.60. The second-order valence-electron chi connectivity index (χ2n) is 5.12. The Morgan fingerprint density at radius 1 is 1.25 bits per heavy atom. The number of hydrogen-bond donors (Lipinski definition) is 1. The smallest absolute Gasteiger partial charge is 0.0702 e. The van der Waals surface area contributed by atoms with Gasteiger partial charge in [-0.2, -0.15) is 11.8 Å². The first-order valence-corrected chi connectivity index (χ1v) is 8.49. The van der Waals surface area contributed by atoms with Crippen LogP contribution in [0, 0.1) is 0 Å². The van der Waals surface area contributed by atoms with Crippen LogP contribution in [0.2, 0.25) is 0 Å². The lowest BCUT2D eigenvalue weighted by atomic mass is 10.1. The summed E-state index contributed by atoms with van der Waals surface area (Å²) in [4.78, 5) is 4.58. The standard InChI is InChI=1S/C17H24N2S/c1-4-13(3)20-12-17(18-5-2)15-10-14-8-6-7-9-16(14)19-11-15/h6-11,13,17-18H,4-5,12H2,1-3H3. The molecule has 2 nitrogen and oxygen atoms in total. The molecule has 2 aromatic rings. The van der Waals surface area contributed by atoms with E-state index in [9.17, 15) is 0 Å². The molecule has 0 saturated carbocycles. The lowest BCUT2D eigenvalue weighted by Crippen LogP contribution is -2.23. The maximum Gasteiger partial charge on any atom is 0.0702 e. The van der Waals surface area contributed by atoms with E-state index in [1.165, 1.54) is 17.4 Å². The van der Waals surface area contributed by atoms with Gasteiger partial charge in [-0.05, 0) is 30.7 Å². The predicted octanol–water partition coefficient (Wildman–Crippen LogP) is 4.42. The van der Waals surface area contributed by atoms with Crippen molar-refractivity contribution in [1.82, 2.24) is 10.3 Å². The van der Waals surface area contributed by atoms with Crippen LogP contribution in [-0.4, -0.2) is 22.5 Å². The molecule has 0 aliphatic heterocycles. The molecular weight excluding hydrogens is 264 g/mol. The molecule has 1 N–H and O–H groups in total. The zero-order valence-electron chi connectivity index (χ0n) is 12.6. The molecular formula is C17H24N2S. The first-order chi connectivity index (χ1) is 9.74. The molecule has 0 bridgehead atoms. The molecule has 0 fully saturated rings. The van der Waals surface area contributed by atoms with Gasteiger partial charge in [-0.1, -0.05) is 39.0 Å². The molecule has 3 heteroatoms. The van der Waals surface area contributed by atoms with Crippen LogP contribution in [0.1, 0.15) is 38.8 Å². The summed E-state index contributed by atoms with van der Waals surface area (Å²) in [5.41, 5.74) is 2.36. The van der Waals surface area contributed by atoms with Crippen molar-refractivity contribution in [2.24, 2.45) is 0 Å². The molecule has 0 saturated heterocycles. The molecule has 1 aromatic carbocycles. The van der Waals surface area contributed by atoms with Crippen LogP contribution in [0.3, 0.4) is 0 Å². The van der Waals surface area contributed by atoms with E-state index in [1.807, 2.05) is 24.0 Å². The molecule has 0 aliphatic rings. The minimum absolute atomic E-state index is 0.385. The summed E-state index contributed by atoms with van der Waals surface area (Å²) in [6, 6.07) is 11.0. The molecule has 0 amide bonds. The average Bonchev–Trinajstić information content (AvgIpc) is 2.50. The molecule has 1 heterocycles. The summed E-state index contributed by atoms with van der Waals surface area (Å²) in [7, 11) is 0. The van der Waals surface area contributed by atoms with Crippen molar-refractivity contribution in [3.05, 3.63) is 42.1 Å². The molecule has 2 unspecified atom stereocenters. The first-order valence-electron chi connectivity index (χ1n) is 7.44. The highest BCUT2D eigenvalue weighted by Crippen LogP contribution is 2.24. The topological polar surface area (TPSA) is 24.9 Å². The number of nitrogens with one attached hydrogen (secondary N) is 1. The van der Waals surface area contributed by atoms with Crippen LogP contribution in [0.5, 0.6) is 0 Å². The number of rotatable bonds is 7. The third-order valence-corrected chi connectivity index (χ3v) is 5.01. The number of aromatic nitrogens is 1. The first kappa shape index (κ1) is 15.3. The van der Waals surface area contributed by atoms with E-state index in [4.69, 9.17) is 0 Å². The van der Waals surface area contributed by atoms with E-state index >= 15 is 0 Å². The fraction of sp³-hybridized carbons (Fsp3) is 0.471. The van der Waals surface area contributed by atoms with E-state index in [0.717, 1.165) is 17.8 Å². The monoisotopic (exact) mass is 288 g/mol. The predicted molar refractivity (Wildman–Crippen MR) is 90.4 cm³/mol. The van der Waals surface area contributed by atoms with Gasteiger partial charge in [0.15, 0.2) is 0 Å².